The average Bonchev–Trinajstić information content (AvgIpc) is 2.96. The van der Waals surface area contributed by atoms with Crippen molar-refractivity contribution in [2.75, 3.05) is 11.9 Å². The molecule has 0 aliphatic rings. The fourth-order valence-electron chi connectivity index (χ4n) is 2.41. The van der Waals surface area contributed by atoms with Crippen molar-refractivity contribution in [1.82, 2.24) is 24.9 Å². The highest BCUT2D eigenvalue weighted by atomic mass is 16.2. The summed E-state index contributed by atoms with van der Waals surface area (Å²) in [5.41, 5.74) is 2.63. The fraction of sp³-hybridized carbons (Fsp3) is 0.467. The molecule has 2 N–H and O–H groups in total. The van der Waals surface area contributed by atoms with Gasteiger partial charge in [0, 0.05) is 26.3 Å². The van der Waals surface area contributed by atoms with Gasteiger partial charge in [0.05, 0.1) is 23.1 Å². The van der Waals surface area contributed by atoms with E-state index in [2.05, 4.69) is 20.8 Å². The molecule has 0 aliphatic heterocycles. The Hall–Kier alpha value is -2.64. The molecule has 23 heavy (non-hydrogen) atoms. The zero-order chi connectivity index (χ0) is 17.1. The molecule has 0 aliphatic carbocycles. The van der Waals surface area contributed by atoms with Gasteiger partial charge < -0.3 is 10.6 Å². The van der Waals surface area contributed by atoms with E-state index in [1.165, 1.54) is 10.9 Å². The van der Waals surface area contributed by atoms with Crippen LogP contribution in [0.5, 0.6) is 0 Å². The van der Waals surface area contributed by atoms with E-state index in [1.54, 1.807) is 25.7 Å². The molecular weight excluding hydrogens is 296 g/mol. The van der Waals surface area contributed by atoms with Crippen LogP contribution >= 0.6 is 0 Å². The third kappa shape index (κ3) is 3.25. The number of nitrogens with one attached hydrogen (secondary N) is 2. The predicted molar refractivity (Wildman–Crippen MR) is 86.5 cm³/mol. The second kappa shape index (κ2) is 6.64. The number of rotatable bonds is 5. The SMILES string of the molecule is CCCNC(=O)c1c(NC(=O)c2c(C)nn(C)c2C)cnn1C. The molecule has 2 amide bonds. The van der Waals surface area contributed by atoms with Gasteiger partial charge in [-0.05, 0) is 20.3 Å². The van der Waals surface area contributed by atoms with E-state index >= 15 is 0 Å². The number of hydrogen-bond donors (Lipinski definition) is 2. The summed E-state index contributed by atoms with van der Waals surface area (Å²) in [5.74, 6) is -0.563. The van der Waals surface area contributed by atoms with Crippen LogP contribution in [0.4, 0.5) is 5.69 Å². The van der Waals surface area contributed by atoms with Gasteiger partial charge in [0.1, 0.15) is 5.69 Å². The quantitative estimate of drug-likeness (QED) is 0.865. The molecule has 2 heterocycles. The van der Waals surface area contributed by atoms with Gasteiger partial charge >= 0.3 is 0 Å². The van der Waals surface area contributed by atoms with E-state index in [0.717, 1.165) is 12.1 Å². The number of nitrogens with zero attached hydrogens (tertiary/aromatic N) is 4. The van der Waals surface area contributed by atoms with E-state index in [-0.39, 0.29) is 11.8 Å². The van der Waals surface area contributed by atoms with Crippen molar-refractivity contribution in [2.24, 2.45) is 14.1 Å². The molecule has 0 bridgehead atoms. The Bertz CT molecular complexity index is 743. The maximum absolute atomic E-state index is 12.5. The Morgan fingerprint density at radius 2 is 1.87 bits per heavy atom. The number of hydrogen-bond acceptors (Lipinski definition) is 4. The number of aryl methyl sites for hydroxylation is 3. The summed E-state index contributed by atoms with van der Waals surface area (Å²) >= 11 is 0. The molecule has 0 fully saturated rings. The number of carbonyl (C=O) groups is 2. The van der Waals surface area contributed by atoms with Crippen LogP contribution in [0.2, 0.25) is 0 Å². The van der Waals surface area contributed by atoms with Crippen LogP contribution in [0, 0.1) is 13.8 Å². The predicted octanol–water partition coefficient (Wildman–Crippen LogP) is 1.16. The summed E-state index contributed by atoms with van der Waals surface area (Å²) < 4.78 is 3.10. The van der Waals surface area contributed by atoms with Gasteiger partial charge in [-0.15, -0.1) is 0 Å². The van der Waals surface area contributed by atoms with E-state index < -0.39 is 0 Å². The maximum atomic E-state index is 12.5. The Morgan fingerprint density at radius 3 is 2.43 bits per heavy atom. The van der Waals surface area contributed by atoms with Crippen LogP contribution in [0.15, 0.2) is 6.20 Å². The van der Waals surface area contributed by atoms with Crippen molar-refractivity contribution >= 4 is 17.5 Å². The van der Waals surface area contributed by atoms with Crippen LogP contribution in [0.1, 0.15) is 45.6 Å². The molecule has 0 saturated carbocycles. The average molecular weight is 318 g/mol. The molecule has 8 heteroatoms. The highest BCUT2D eigenvalue weighted by Crippen LogP contribution is 2.18. The first-order valence-corrected chi connectivity index (χ1v) is 7.48. The second-order valence-electron chi connectivity index (χ2n) is 5.41. The van der Waals surface area contributed by atoms with E-state index in [0.29, 0.717) is 29.2 Å². The second-order valence-corrected chi connectivity index (χ2v) is 5.41. The molecule has 2 rings (SSSR count). The summed E-state index contributed by atoms with van der Waals surface area (Å²) in [4.78, 5) is 24.8. The summed E-state index contributed by atoms with van der Waals surface area (Å²) in [7, 11) is 3.45. The minimum atomic E-state index is -0.300. The monoisotopic (exact) mass is 318 g/mol. The highest BCUT2D eigenvalue weighted by Gasteiger charge is 2.22. The molecule has 0 unspecified atom stereocenters. The minimum absolute atomic E-state index is 0.262. The van der Waals surface area contributed by atoms with Crippen molar-refractivity contribution in [1.29, 1.82) is 0 Å². The molecule has 2 aromatic rings. The zero-order valence-electron chi connectivity index (χ0n) is 14.1. The zero-order valence-corrected chi connectivity index (χ0v) is 14.1. The topological polar surface area (TPSA) is 93.8 Å². The molecule has 0 radical (unpaired) electrons. The number of carbonyl (C=O) groups excluding carboxylic acids is 2. The van der Waals surface area contributed by atoms with Crippen LogP contribution in [-0.4, -0.2) is 37.9 Å². The van der Waals surface area contributed by atoms with Crippen LogP contribution in [0.25, 0.3) is 0 Å². The number of anilines is 1. The number of amides is 2. The lowest BCUT2D eigenvalue weighted by Crippen LogP contribution is -2.27. The smallest absolute Gasteiger partial charge is 0.271 e. The fourth-order valence-corrected chi connectivity index (χ4v) is 2.41. The van der Waals surface area contributed by atoms with Crippen molar-refractivity contribution < 1.29 is 9.59 Å². The van der Waals surface area contributed by atoms with Gasteiger partial charge in [0.2, 0.25) is 0 Å². The van der Waals surface area contributed by atoms with Gasteiger partial charge in [-0.3, -0.25) is 19.0 Å². The normalized spacial score (nSPS) is 10.7. The third-order valence-electron chi connectivity index (χ3n) is 3.67. The summed E-state index contributed by atoms with van der Waals surface area (Å²) in [6.45, 7) is 6.14. The number of aromatic nitrogens is 4. The summed E-state index contributed by atoms with van der Waals surface area (Å²) in [6.07, 6.45) is 2.30. The van der Waals surface area contributed by atoms with Gasteiger partial charge in [-0.1, -0.05) is 6.92 Å². The first-order valence-electron chi connectivity index (χ1n) is 7.48. The molecule has 0 saturated heterocycles. The molecular formula is C15H22N6O2. The van der Waals surface area contributed by atoms with E-state index in [1.807, 2.05) is 13.8 Å². The van der Waals surface area contributed by atoms with Crippen molar-refractivity contribution in [3.05, 3.63) is 28.8 Å². The first kappa shape index (κ1) is 16.7. The van der Waals surface area contributed by atoms with Gasteiger partial charge in [0.15, 0.2) is 0 Å². The first-order chi connectivity index (χ1) is 10.9. The van der Waals surface area contributed by atoms with Crippen LogP contribution < -0.4 is 10.6 Å². The Balaban J connectivity index is 2.27. The lowest BCUT2D eigenvalue weighted by molar-refractivity contribution is 0.0945. The maximum Gasteiger partial charge on any atom is 0.271 e. The van der Waals surface area contributed by atoms with Crippen molar-refractivity contribution in [3.63, 3.8) is 0 Å². The molecule has 0 aromatic carbocycles. The van der Waals surface area contributed by atoms with Crippen molar-refractivity contribution in [3.8, 4) is 0 Å². The summed E-state index contributed by atoms with van der Waals surface area (Å²) in [5, 5.41) is 13.8. The third-order valence-corrected chi connectivity index (χ3v) is 3.67. The Morgan fingerprint density at radius 1 is 1.17 bits per heavy atom. The van der Waals surface area contributed by atoms with Crippen LogP contribution in [0.3, 0.4) is 0 Å². The van der Waals surface area contributed by atoms with Crippen LogP contribution in [-0.2, 0) is 14.1 Å². The lowest BCUT2D eigenvalue weighted by atomic mass is 10.2. The molecule has 124 valence electrons. The van der Waals surface area contributed by atoms with Gasteiger partial charge in [0.25, 0.3) is 11.8 Å². The van der Waals surface area contributed by atoms with Gasteiger partial charge in [-0.2, -0.15) is 10.2 Å². The molecule has 8 nitrogen and oxygen atoms in total. The molecule has 0 spiro atoms. The lowest BCUT2D eigenvalue weighted by Gasteiger charge is -2.08. The Labute approximate surface area is 134 Å². The highest BCUT2D eigenvalue weighted by molar-refractivity contribution is 6.09. The van der Waals surface area contributed by atoms with Gasteiger partial charge in [-0.25, -0.2) is 0 Å². The van der Waals surface area contributed by atoms with Crippen molar-refractivity contribution in [2.45, 2.75) is 27.2 Å². The molecule has 2 aromatic heterocycles. The summed E-state index contributed by atoms with van der Waals surface area (Å²) in [6, 6.07) is 0. The van der Waals surface area contributed by atoms with E-state index in [4.69, 9.17) is 0 Å². The standard InChI is InChI=1S/C15H22N6O2/c1-6-7-16-15(23)13-11(8-17-21(13)5)18-14(22)12-9(2)19-20(4)10(12)3/h8H,6-7H2,1-5H3,(H,16,23)(H,18,22). The largest absolute Gasteiger partial charge is 0.351 e. The van der Waals surface area contributed by atoms with E-state index in [9.17, 15) is 9.59 Å². The Kier molecular flexibility index (Phi) is 4.83. The molecule has 0 atom stereocenters. The minimum Gasteiger partial charge on any atom is -0.351 e.